The molecule has 5 nitrogen and oxygen atoms in total. The van der Waals surface area contributed by atoms with Crippen molar-refractivity contribution in [3.8, 4) is 0 Å². The van der Waals surface area contributed by atoms with Gasteiger partial charge in [-0.15, -0.1) is 0 Å². The fourth-order valence-corrected chi connectivity index (χ4v) is 5.59. The monoisotopic (exact) mass is 293 g/mol. The fraction of sp³-hybridized carbons (Fsp3) is 0.875. The summed E-state index contributed by atoms with van der Waals surface area (Å²) in [6.07, 6.45) is 6.87. The minimum atomic E-state index is -0.809. The molecule has 1 amide bonds. The highest BCUT2D eigenvalue weighted by atomic mass is 16.4. The van der Waals surface area contributed by atoms with Gasteiger partial charge in [0.15, 0.2) is 5.84 Å². The highest BCUT2D eigenvalue weighted by Gasteiger charge is 2.59. The number of amides is 1. The number of oxime groups is 1. The number of hydrogen-bond donors (Lipinski definition) is 3. The van der Waals surface area contributed by atoms with Crippen molar-refractivity contribution >= 4 is 11.7 Å². The predicted molar refractivity (Wildman–Crippen MR) is 80.9 cm³/mol. The first-order chi connectivity index (χ1) is 9.68. The summed E-state index contributed by atoms with van der Waals surface area (Å²) in [5.41, 5.74) is 5.00. The molecular weight excluding hydrogens is 266 g/mol. The molecule has 2 atom stereocenters. The molecule has 2 unspecified atom stereocenters. The molecule has 4 fully saturated rings. The number of nitrogens with one attached hydrogen (secondary N) is 1. The zero-order valence-electron chi connectivity index (χ0n) is 13.3. The lowest BCUT2D eigenvalue weighted by atomic mass is 9.44. The lowest BCUT2D eigenvalue weighted by Crippen LogP contribution is -2.62. The molecule has 4 saturated carbocycles. The van der Waals surface area contributed by atoms with E-state index in [4.69, 9.17) is 10.9 Å². The summed E-state index contributed by atoms with van der Waals surface area (Å²) in [4.78, 5) is 13.0. The largest absolute Gasteiger partial charge is 0.409 e. The Balaban J connectivity index is 1.82. The van der Waals surface area contributed by atoms with E-state index in [1.807, 2.05) is 0 Å². The van der Waals surface area contributed by atoms with Crippen LogP contribution in [0.1, 0.15) is 59.3 Å². The van der Waals surface area contributed by atoms with Crippen molar-refractivity contribution in [2.75, 3.05) is 0 Å². The topological polar surface area (TPSA) is 87.7 Å². The number of nitrogens with two attached hydrogens (primary N) is 1. The van der Waals surface area contributed by atoms with Gasteiger partial charge in [-0.3, -0.25) is 4.79 Å². The quantitative estimate of drug-likeness (QED) is 0.323. The van der Waals surface area contributed by atoms with Gasteiger partial charge in [0, 0.05) is 0 Å². The first-order valence-corrected chi connectivity index (χ1v) is 7.99. The van der Waals surface area contributed by atoms with Crippen LogP contribution in [0.3, 0.4) is 0 Å². The van der Waals surface area contributed by atoms with E-state index in [9.17, 15) is 4.79 Å². The Morgan fingerprint density at radius 2 is 1.86 bits per heavy atom. The summed E-state index contributed by atoms with van der Waals surface area (Å²) in [7, 11) is 0. The van der Waals surface area contributed by atoms with Crippen molar-refractivity contribution in [3.05, 3.63) is 0 Å². The van der Waals surface area contributed by atoms with E-state index >= 15 is 0 Å². The van der Waals surface area contributed by atoms with Crippen LogP contribution in [0, 0.1) is 22.7 Å². The van der Waals surface area contributed by atoms with E-state index in [0.717, 1.165) is 19.3 Å². The van der Waals surface area contributed by atoms with Crippen molar-refractivity contribution < 1.29 is 10.0 Å². The van der Waals surface area contributed by atoms with Crippen molar-refractivity contribution in [1.82, 2.24) is 5.32 Å². The van der Waals surface area contributed by atoms with Crippen LogP contribution in [0.5, 0.6) is 0 Å². The molecule has 4 N–H and O–H groups in total. The normalized spacial score (nSPS) is 42.1. The first kappa shape index (κ1) is 14.7. The maximum Gasteiger partial charge on any atom is 0.227 e. The van der Waals surface area contributed by atoms with E-state index in [1.165, 1.54) is 19.3 Å². The van der Waals surface area contributed by atoms with Crippen LogP contribution in [0.2, 0.25) is 0 Å². The maximum absolute atomic E-state index is 13.0. The standard InChI is InChI=1S/C16H27N3O2/c1-14(2,12(17)19-21)18-13(20)16-7-10-4-11(8-16)6-15(3,5-10)9-16/h10-11,21H,4-9H2,1-3H3,(H2,17,19)(H,18,20). The Kier molecular flexibility index (Phi) is 3.05. The second-order valence-electron chi connectivity index (χ2n) is 8.62. The molecule has 5 heteroatoms. The van der Waals surface area contributed by atoms with Gasteiger partial charge >= 0.3 is 0 Å². The van der Waals surface area contributed by atoms with E-state index < -0.39 is 5.54 Å². The van der Waals surface area contributed by atoms with Gasteiger partial charge in [-0.2, -0.15) is 0 Å². The smallest absolute Gasteiger partial charge is 0.227 e. The molecular formula is C16H27N3O2. The summed E-state index contributed by atoms with van der Waals surface area (Å²) < 4.78 is 0. The summed E-state index contributed by atoms with van der Waals surface area (Å²) in [5.74, 6) is 1.55. The predicted octanol–water partition coefficient (Wildman–Crippen LogP) is 2.23. The van der Waals surface area contributed by atoms with Crippen LogP contribution in [-0.4, -0.2) is 22.5 Å². The van der Waals surface area contributed by atoms with Crippen LogP contribution in [0.4, 0.5) is 0 Å². The Bertz CT molecular complexity index is 484. The van der Waals surface area contributed by atoms with Gasteiger partial charge in [0.2, 0.25) is 5.91 Å². The molecule has 0 aromatic carbocycles. The molecule has 4 aliphatic rings. The Labute approximate surface area is 126 Å². The summed E-state index contributed by atoms with van der Waals surface area (Å²) in [6, 6.07) is 0. The zero-order valence-corrected chi connectivity index (χ0v) is 13.3. The first-order valence-electron chi connectivity index (χ1n) is 7.99. The van der Waals surface area contributed by atoms with Crippen LogP contribution in [0.15, 0.2) is 5.16 Å². The van der Waals surface area contributed by atoms with E-state index in [0.29, 0.717) is 17.3 Å². The van der Waals surface area contributed by atoms with Gasteiger partial charge in [0.1, 0.15) is 0 Å². The van der Waals surface area contributed by atoms with Crippen molar-refractivity contribution in [3.63, 3.8) is 0 Å². The SMILES string of the molecule is CC12CC3CC(C1)CC(C(=O)NC(C)(C)C(N)=NO)(C3)C2. The Hall–Kier alpha value is -1.26. The fourth-order valence-electron chi connectivity index (χ4n) is 5.59. The Morgan fingerprint density at radius 3 is 2.33 bits per heavy atom. The molecule has 118 valence electrons. The highest BCUT2D eigenvalue weighted by Crippen LogP contribution is 2.65. The molecule has 0 aromatic rings. The zero-order chi connectivity index (χ0) is 15.5. The molecule has 4 rings (SSSR count). The molecule has 21 heavy (non-hydrogen) atoms. The highest BCUT2D eigenvalue weighted by molar-refractivity contribution is 5.94. The second kappa shape index (κ2) is 4.37. The van der Waals surface area contributed by atoms with E-state index in [2.05, 4.69) is 17.4 Å². The van der Waals surface area contributed by atoms with Crippen LogP contribution in [-0.2, 0) is 4.79 Å². The van der Waals surface area contributed by atoms with Crippen LogP contribution < -0.4 is 11.1 Å². The molecule has 0 saturated heterocycles. The Morgan fingerprint density at radius 1 is 1.29 bits per heavy atom. The molecule has 4 bridgehead atoms. The number of amidine groups is 1. The van der Waals surface area contributed by atoms with Gasteiger partial charge in [-0.1, -0.05) is 12.1 Å². The van der Waals surface area contributed by atoms with Crippen molar-refractivity contribution in [2.45, 2.75) is 64.8 Å². The third kappa shape index (κ3) is 2.30. The molecule has 4 aliphatic carbocycles. The number of hydrogen-bond acceptors (Lipinski definition) is 3. The minimum Gasteiger partial charge on any atom is -0.409 e. The van der Waals surface area contributed by atoms with Crippen molar-refractivity contribution in [2.24, 2.45) is 33.6 Å². The number of carbonyl (C=O) groups excluding carboxylic acids is 1. The lowest BCUT2D eigenvalue weighted by Gasteiger charge is -2.60. The van der Waals surface area contributed by atoms with Crippen molar-refractivity contribution in [1.29, 1.82) is 0 Å². The van der Waals surface area contributed by atoms with Gasteiger partial charge in [0.25, 0.3) is 0 Å². The van der Waals surface area contributed by atoms with E-state index in [1.54, 1.807) is 13.8 Å². The average Bonchev–Trinajstić information content (AvgIpc) is 2.34. The minimum absolute atomic E-state index is 0.0480. The summed E-state index contributed by atoms with van der Waals surface area (Å²) in [5, 5.41) is 14.9. The number of nitrogens with zero attached hydrogens (tertiary/aromatic N) is 1. The van der Waals surface area contributed by atoms with Crippen LogP contribution >= 0.6 is 0 Å². The molecule has 0 aromatic heterocycles. The second-order valence-corrected chi connectivity index (χ2v) is 8.62. The number of rotatable bonds is 3. The summed E-state index contributed by atoms with van der Waals surface area (Å²) >= 11 is 0. The number of carbonyl (C=O) groups is 1. The lowest BCUT2D eigenvalue weighted by molar-refractivity contribution is -0.156. The van der Waals surface area contributed by atoms with Gasteiger partial charge in [-0.25, -0.2) is 0 Å². The molecule has 0 heterocycles. The third-order valence-corrected chi connectivity index (χ3v) is 6.01. The molecule has 0 radical (unpaired) electrons. The summed E-state index contributed by atoms with van der Waals surface area (Å²) in [6.45, 7) is 5.91. The molecule has 0 spiro atoms. The van der Waals surface area contributed by atoms with E-state index in [-0.39, 0.29) is 17.2 Å². The average molecular weight is 293 g/mol. The third-order valence-electron chi connectivity index (χ3n) is 6.01. The maximum atomic E-state index is 13.0. The van der Waals surface area contributed by atoms with Gasteiger partial charge in [0.05, 0.1) is 11.0 Å². The van der Waals surface area contributed by atoms with Crippen LogP contribution in [0.25, 0.3) is 0 Å². The van der Waals surface area contributed by atoms with Gasteiger partial charge in [-0.05, 0) is 69.6 Å². The van der Waals surface area contributed by atoms with Gasteiger partial charge < -0.3 is 16.3 Å². The molecule has 0 aliphatic heterocycles.